The van der Waals surface area contributed by atoms with E-state index in [9.17, 15) is 5.26 Å². The summed E-state index contributed by atoms with van der Waals surface area (Å²) in [5, 5.41) is 19.6. The van der Waals surface area contributed by atoms with Crippen molar-refractivity contribution in [3.8, 4) is 23.3 Å². The minimum atomic E-state index is -0.606. The van der Waals surface area contributed by atoms with Crippen LogP contribution in [0.3, 0.4) is 0 Å². The molecule has 0 radical (unpaired) electrons. The second kappa shape index (κ2) is 21.6. The minimum absolute atomic E-state index is 0.107. The summed E-state index contributed by atoms with van der Waals surface area (Å²) >= 11 is 0. The number of nitrogens with zero attached hydrogens (tertiary/aromatic N) is 3. The molecule has 0 bridgehead atoms. The highest BCUT2D eigenvalue weighted by atomic mass is 16.7. The van der Waals surface area contributed by atoms with E-state index in [1.807, 2.05) is 26.0 Å². The molecule has 0 aliphatic carbocycles. The van der Waals surface area contributed by atoms with E-state index in [1.165, 1.54) is 56.9 Å². The fraction of sp³-hybridized carbons (Fsp3) is 0.667. The fourth-order valence-corrected chi connectivity index (χ4v) is 6.55. The lowest BCUT2D eigenvalue weighted by Gasteiger charge is -2.29. The third-order valence-corrected chi connectivity index (χ3v) is 9.09. The molecule has 7 heteroatoms. The number of hydrogen-bond donors (Lipinski definition) is 0. The third-order valence-electron chi connectivity index (χ3n) is 9.09. The van der Waals surface area contributed by atoms with E-state index >= 15 is 0 Å². The molecule has 254 valence electrons. The average molecular weight is 634 g/mol. The second-order valence-corrected chi connectivity index (χ2v) is 12.6. The molecule has 2 aromatic carbocycles. The number of nitriles is 1. The molecule has 0 spiro atoms. The van der Waals surface area contributed by atoms with E-state index in [-0.39, 0.29) is 6.04 Å². The predicted octanol–water partition coefficient (Wildman–Crippen LogP) is 10.7. The first-order valence-electron chi connectivity index (χ1n) is 18.0. The molecule has 0 aromatic heterocycles. The van der Waals surface area contributed by atoms with Gasteiger partial charge in [-0.05, 0) is 87.8 Å². The molecule has 0 N–H and O–H groups in total. The van der Waals surface area contributed by atoms with Gasteiger partial charge in [0.15, 0.2) is 6.79 Å². The Bertz CT molecular complexity index is 1190. The van der Waals surface area contributed by atoms with Crippen molar-refractivity contribution in [1.29, 1.82) is 5.26 Å². The monoisotopic (exact) mass is 633 g/mol. The van der Waals surface area contributed by atoms with Gasteiger partial charge in [-0.3, -0.25) is 0 Å². The Balaban J connectivity index is 1.66. The maximum absolute atomic E-state index is 10.8. The van der Waals surface area contributed by atoms with Gasteiger partial charge in [0.1, 0.15) is 17.2 Å². The SMILES string of the molecule is CCCCCCCCCCCCC(C#N)(CCCC(CCc1ccc2c(c1)COCO2)N=NC)c1cc(OCC)cc(OCC)c1. The molecular weight excluding hydrogens is 574 g/mol. The molecular formula is C39H59N3O4. The molecule has 1 aliphatic heterocycles. The van der Waals surface area contributed by atoms with E-state index in [0.717, 1.165) is 79.7 Å². The van der Waals surface area contributed by atoms with Crippen molar-refractivity contribution in [2.45, 2.75) is 142 Å². The standard InChI is InChI=1S/C39H59N3O4/c1-5-8-9-10-11-12-13-14-15-16-23-39(30-40,34-26-36(44-6-2)28-37(27-34)45-7-3)24-17-18-35(42-41-4)21-19-32-20-22-38-33(25-32)29-43-31-46-38/h20,22,25-28,35H,5-19,21,23-24,29,31H2,1-4H3. The normalized spacial score (nSPS) is 14.7. The molecule has 2 atom stereocenters. The third kappa shape index (κ3) is 12.6. The summed E-state index contributed by atoms with van der Waals surface area (Å²) in [6.07, 6.45) is 18.0. The highest BCUT2D eigenvalue weighted by Gasteiger charge is 2.33. The molecule has 46 heavy (non-hydrogen) atoms. The number of hydrogen-bond acceptors (Lipinski definition) is 7. The zero-order valence-corrected chi connectivity index (χ0v) is 29.2. The minimum Gasteiger partial charge on any atom is -0.494 e. The summed E-state index contributed by atoms with van der Waals surface area (Å²) < 4.78 is 22.9. The average Bonchev–Trinajstić information content (AvgIpc) is 3.07. The lowest BCUT2D eigenvalue weighted by Crippen LogP contribution is -2.25. The molecule has 3 rings (SSSR count). The lowest BCUT2D eigenvalue weighted by atomic mass is 9.73. The Morgan fingerprint density at radius 3 is 2.11 bits per heavy atom. The molecule has 2 aromatic rings. The van der Waals surface area contributed by atoms with Crippen LogP contribution in [0.25, 0.3) is 0 Å². The largest absolute Gasteiger partial charge is 0.494 e. The number of rotatable bonds is 24. The van der Waals surface area contributed by atoms with E-state index in [2.05, 4.69) is 47.5 Å². The molecule has 0 fully saturated rings. The van der Waals surface area contributed by atoms with Gasteiger partial charge in [-0.2, -0.15) is 15.5 Å². The zero-order valence-electron chi connectivity index (χ0n) is 29.2. The van der Waals surface area contributed by atoms with E-state index in [4.69, 9.17) is 18.9 Å². The molecule has 7 nitrogen and oxygen atoms in total. The van der Waals surface area contributed by atoms with Crippen LogP contribution in [0.4, 0.5) is 0 Å². The maximum Gasteiger partial charge on any atom is 0.189 e. The molecule has 0 amide bonds. The Labute approximate surface area is 279 Å². The number of aryl methyl sites for hydroxylation is 1. The Hall–Kier alpha value is -3.11. The van der Waals surface area contributed by atoms with Gasteiger partial charge in [-0.25, -0.2) is 0 Å². The molecule has 1 aliphatic rings. The topological polar surface area (TPSA) is 85.4 Å². The smallest absolute Gasteiger partial charge is 0.189 e. The molecule has 0 saturated carbocycles. The second-order valence-electron chi connectivity index (χ2n) is 12.6. The van der Waals surface area contributed by atoms with Crippen molar-refractivity contribution >= 4 is 0 Å². The van der Waals surface area contributed by atoms with Crippen LogP contribution in [0.5, 0.6) is 17.2 Å². The van der Waals surface area contributed by atoms with Crippen molar-refractivity contribution in [3.63, 3.8) is 0 Å². The summed E-state index contributed by atoms with van der Waals surface area (Å²) in [5.41, 5.74) is 2.76. The van der Waals surface area contributed by atoms with Crippen LogP contribution in [0, 0.1) is 11.3 Å². The van der Waals surface area contributed by atoms with Crippen molar-refractivity contribution in [2.24, 2.45) is 10.2 Å². The van der Waals surface area contributed by atoms with Crippen molar-refractivity contribution < 1.29 is 18.9 Å². The first-order valence-corrected chi connectivity index (χ1v) is 18.0. The molecule has 0 saturated heterocycles. The van der Waals surface area contributed by atoms with Gasteiger partial charge in [0.25, 0.3) is 0 Å². The van der Waals surface area contributed by atoms with Crippen LogP contribution in [-0.2, 0) is 23.2 Å². The fourth-order valence-electron chi connectivity index (χ4n) is 6.55. The molecule has 2 unspecified atom stereocenters. The summed E-state index contributed by atoms with van der Waals surface area (Å²) in [6.45, 7) is 8.29. The Morgan fingerprint density at radius 2 is 1.48 bits per heavy atom. The predicted molar refractivity (Wildman–Crippen MR) is 186 cm³/mol. The highest BCUT2D eigenvalue weighted by molar-refractivity contribution is 5.45. The van der Waals surface area contributed by atoms with Crippen LogP contribution in [0.15, 0.2) is 46.6 Å². The van der Waals surface area contributed by atoms with Gasteiger partial charge < -0.3 is 18.9 Å². The van der Waals surface area contributed by atoms with Crippen LogP contribution in [0.2, 0.25) is 0 Å². The van der Waals surface area contributed by atoms with Crippen LogP contribution < -0.4 is 14.2 Å². The van der Waals surface area contributed by atoms with Gasteiger partial charge in [0.2, 0.25) is 0 Å². The lowest BCUT2D eigenvalue weighted by molar-refractivity contribution is -0.0164. The first-order chi connectivity index (χ1) is 22.6. The summed E-state index contributed by atoms with van der Waals surface area (Å²) in [5.74, 6) is 2.45. The number of fused-ring (bicyclic) bond motifs is 1. The van der Waals surface area contributed by atoms with E-state index in [0.29, 0.717) is 26.6 Å². The number of azo groups is 1. The van der Waals surface area contributed by atoms with Gasteiger partial charge in [-0.15, -0.1) is 0 Å². The highest BCUT2D eigenvalue weighted by Crippen LogP contribution is 2.39. The first kappa shape index (κ1) is 37.3. The van der Waals surface area contributed by atoms with Gasteiger partial charge in [0, 0.05) is 18.7 Å². The summed E-state index contributed by atoms with van der Waals surface area (Å²) in [4.78, 5) is 0. The number of ether oxygens (including phenoxy) is 4. The van der Waals surface area contributed by atoms with E-state index in [1.54, 1.807) is 7.05 Å². The zero-order chi connectivity index (χ0) is 32.9. The van der Waals surface area contributed by atoms with Crippen LogP contribution >= 0.6 is 0 Å². The number of benzene rings is 2. The van der Waals surface area contributed by atoms with Crippen molar-refractivity contribution in [2.75, 3.05) is 27.1 Å². The van der Waals surface area contributed by atoms with Gasteiger partial charge in [-0.1, -0.05) is 77.2 Å². The Morgan fingerprint density at radius 1 is 0.826 bits per heavy atom. The summed E-state index contributed by atoms with van der Waals surface area (Å²) in [7, 11) is 1.75. The van der Waals surface area contributed by atoms with Crippen LogP contribution in [0.1, 0.15) is 134 Å². The van der Waals surface area contributed by atoms with Gasteiger partial charge in [0.05, 0.1) is 37.3 Å². The van der Waals surface area contributed by atoms with Crippen LogP contribution in [-0.4, -0.2) is 33.1 Å². The quantitative estimate of drug-likeness (QED) is 0.0848. The van der Waals surface area contributed by atoms with E-state index < -0.39 is 5.41 Å². The maximum atomic E-state index is 10.8. The van der Waals surface area contributed by atoms with Gasteiger partial charge >= 0.3 is 0 Å². The van der Waals surface area contributed by atoms with Crippen molar-refractivity contribution in [1.82, 2.24) is 0 Å². The Kier molecular flexibility index (Phi) is 17.6. The van der Waals surface area contributed by atoms with Crippen molar-refractivity contribution in [3.05, 3.63) is 53.1 Å². The molecule has 1 heterocycles. The summed E-state index contributed by atoms with van der Waals surface area (Å²) in [6, 6.07) is 15.4. The number of unbranched alkanes of at least 4 members (excludes halogenated alkanes) is 9.